The number of alkyl halides is 4. The molecule has 0 aromatic heterocycles. The largest absolute Gasteiger partial charge is 0.416 e. The number of hydrogen-bond acceptors (Lipinski definition) is 1. The molecule has 2 aromatic carbocycles. The predicted octanol–water partition coefficient (Wildman–Crippen LogP) is 4.70. The van der Waals surface area contributed by atoms with Crippen LogP contribution >= 0.6 is 11.6 Å². The Morgan fingerprint density at radius 3 is 2.33 bits per heavy atom. The normalized spacial score (nSPS) is 11.2. The van der Waals surface area contributed by atoms with Gasteiger partial charge in [-0.25, -0.2) is 0 Å². The lowest BCUT2D eigenvalue weighted by Gasteiger charge is -2.10. The molecule has 2 nitrogen and oxygen atoms in total. The van der Waals surface area contributed by atoms with Crippen molar-refractivity contribution in [2.24, 2.45) is 0 Å². The molecule has 0 spiro atoms. The van der Waals surface area contributed by atoms with Gasteiger partial charge in [0.1, 0.15) is 0 Å². The Labute approximate surface area is 124 Å². The van der Waals surface area contributed by atoms with Crippen LogP contribution < -0.4 is 5.32 Å². The van der Waals surface area contributed by atoms with E-state index in [9.17, 15) is 18.0 Å². The number of benzene rings is 2. The van der Waals surface area contributed by atoms with E-state index in [1.165, 1.54) is 12.1 Å². The fraction of sp³-hybridized carbons (Fsp3) is 0.133. The topological polar surface area (TPSA) is 29.1 Å². The van der Waals surface area contributed by atoms with Crippen LogP contribution in [0, 0.1) is 0 Å². The Bertz CT molecular complexity index is 638. The van der Waals surface area contributed by atoms with E-state index in [4.69, 9.17) is 11.6 Å². The van der Waals surface area contributed by atoms with Crippen LogP contribution in [0.1, 0.15) is 21.5 Å². The molecule has 0 unspecified atom stereocenters. The minimum absolute atomic E-state index is 0.0937. The molecule has 0 radical (unpaired) electrons. The zero-order chi connectivity index (χ0) is 15.5. The highest BCUT2D eigenvalue weighted by Gasteiger charge is 2.30. The molecule has 0 fully saturated rings. The number of carbonyl (C=O) groups is 1. The Kier molecular flexibility index (Phi) is 4.53. The fourth-order valence-electron chi connectivity index (χ4n) is 1.72. The van der Waals surface area contributed by atoms with Crippen molar-refractivity contribution in [1.29, 1.82) is 0 Å². The smallest absolute Gasteiger partial charge is 0.322 e. The van der Waals surface area contributed by atoms with E-state index in [2.05, 4.69) is 5.32 Å². The van der Waals surface area contributed by atoms with E-state index in [0.717, 1.165) is 17.7 Å². The fourth-order valence-corrected chi connectivity index (χ4v) is 1.90. The molecular weight excluding hydrogens is 303 g/mol. The maximum Gasteiger partial charge on any atom is 0.416 e. The molecule has 0 aliphatic rings. The summed E-state index contributed by atoms with van der Waals surface area (Å²) in [5, 5.41) is 2.44. The van der Waals surface area contributed by atoms with Gasteiger partial charge in [-0.05, 0) is 35.9 Å². The van der Waals surface area contributed by atoms with Crippen molar-refractivity contribution >= 4 is 23.2 Å². The molecule has 0 aliphatic heterocycles. The summed E-state index contributed by atoms with van der Waals surface area (Å²) in [5.74, 6) is -0.148. The lowest BCUT2D eigenvalue weighted by molar-refractivity contribution is -0.137. The SMILES string of the molecule is O=C(Nc1cccc(C(F)(F)F)c1)c1ccc(CCl)cc1. The monoisotopic (exact) mass is 313 g/mol. The first-order valence-electron chi connectivity index (χ1n) is 6.03. The Morgan fingerprint density at radius 2 is 1.76 bits per heavy atom. The second-order valence-electron chi connectivity index (χ2n) is 4.36. The van der Waals surface area contributed by atoms with E-state index in [1.807, 2.05) is 0 Å². The molecule has 0 saturated carbocycles. The predicted molar refractivity (Wildman–Crippen MR) is 75.4 cm³/mol. The summed E-state index contributed by atoms with van der Waals surface area (Å²) in [6.07, 6.45) is -4.44. The van der Waals surface area contributed by atoms with Crippen LogP contribution in [0.25, 0.3) is 0 Å². The minimum atomic E-state index is -4.44. The number of carbonyl (C=O) groups excluding carboxylic acids is 1. The van der Waals surface area contributed by atoms with Crippen molar-refractivity contribution in [3.63, 3.8) is 0 Å². The highest BCUT2D eigenvalue weighted by atomic mass is 35.5. The zero-order valence-electron chi connectivity index (χ0n) is 10.7. The minimum Gasteiger partial charge on any atom is -0.322 e. The second kappa shape index (κ2) is 6.18. The molecule has 0 aliphatic carbocycles. The molecule has 2 rings (SSSR count). The van der Waals surface area contributed by atoms with Gasteiger partial charge in [-0.15, -0.1) is 11.6 Å². The number of nitrogens with one attached hydrogen (secondary N) is 1. The molecular formula is C15H11ClF3NO. The van der Waals surface area contributed by atoms with Crippen molar-refractivity contribution in [3.05, 3.63) is 65.2 Å². The standard InChI is InChI=1S/C15H11ClF3NO/c16-9-10-4-6-11(7-5-10)14(21)20-13-3-1-2-12(8-13)15(17,18)19/h1-8H,9H2,(H,20,21). The Morgan fingerprint density at radius 1 is 1.10 bits per heavy atom. The van der Waals surface area contributed by atoms with Gasteiger partial charge in [0.25, 0.3) is 5.91 Å². The summed E-state index contributed by atoms with van der Waals surface area (Å²) < 4.78 is 37.8. The summed E-state index contributed by atoms with van der Waals surface area (Å²) in [6.45, 7) is 0. The van der Waals surface area contributed by atoms with Crippen LogP contribution in [0.2, 0.25) is 0 Å². The van der Waals surface area contributed by atoms with Crippen LogP contribution in [0.5, 0.6) is 0 Å². The third-order valence-electron chi connectivity index (χ3n) is 2.82. The van der Waals surface area contributed by atoms with Crippen LogP contribution in [-0.4, -0.2) is 5.91 Å². The average molecular weight is 314 g/mol. The van der Waals surface area contributed by atoms with Gasteiger partial charge < -0.3 is 5.32 Å². The first kappa shape index (κ1) is 15.4. The van der Waals surface area contributed by atoms with Crippen molar-refractivity contribution in [2.45, 2.75) is 12.1 Å². The number of hydrogen-bond donors (Lipinski definition) is 1. The highest BCUT2D eigenvalue weighted by molar-refractivity contribution is 6.17. The average Bonchev–Trinajstić information content (AvgIpc) is 2.47. The summed E-state index contributed by atoms with van der Waals surface area (Å²) in [5.41, 5.74) is 0.489. The van der Waals surface area contributed by atoms with E-state index >= 15 is 0 Å². The number of amides is 1. The third kappa shape index (κ3) is 3.98. The van der Waals surface area contributed by atoms with E-state index in [-0.39, 0.29) is 5.69 Å². The molecule has 1 N–H and O–H groups in total. The maximum absolute atomic E-state index is 12.6. The Balaban J connectivity index is 2.15. The lowest BCUT2D eigenvalue weighted by atomic mass is 10.1. The van der Waals surface area contributed by atoms with E-state index < -0.39 is 17.6 Å². The number of halogens is 4. The summed E-state index contributed by atoms with van der Waals surface area (Å²) in [4.78, 5) is 11.9. The van der Waals surface area contributed by atoms with Gasteiger partial charge >= 0.3 is 6.18 Å². The van der Waals surface area contributed by atoms with Gasteiger partial charge in [-0.1, -0.05) is 18.2 Å². The van der Waals surface area contributed by atoms with Crippen molar-refractivity contribution in [3.8, 4) is 0 Å². The zero-order valence-corrected chi connectivity index (χ0v) is 11.5. The van der Waals surface area contributed by atoms with Gasteiger partial charge in [0.05, 0.1) is 5.56 Å². The van der Waals surface area contributed by atoms with Crippen molar-refractivity contribution in [2.75, 3.05) is 5.32 Å². The molecule has 21 heavy (non-hydrogen) atoms. The van der Waals surface area contributed by atoms with E-state index in [0.29, 0.717) is 11.4 Å². The quantitative estimate of drug-likeness (QED) is 0.818. The van der Waals surface area contributed by atoms with Gasteiger partial charge in [0, 0.05) is 17.1 Å². The van der Waals surface area contributed by atoms with Crippen LogP contribution in [0.3, 0.4) is 0 Å². The molecule has 0 bridgehead atoms. The van der Waals surface area contributed by atoms with Gasteiger partial charge in [0.15, 0.2) is 0 Å². The van der Waals surface area contributed by atoms with Gasteiger partial charge in [0.2, 0.25) is 0 Å². The molecule has 110 valence electrons. The van der Waals surface area contributed by atoms with Crippen LogP contribution in [-0.2, 0) is 12.1 Å². The molecule has 6 heteroatoms. The third-order valence-corrected chi connectivity index (χ3v) is 3.13. The second-order valence-corrected chi connectivity index (χ2v) is 4.63. The first-order valence-corrected chi connectivity index (χ1v) is 6.57. The summed E-state index contributed by atoms with van der Waals surface area (Å²) in [6, 6.07) is 11.0. The summed E-state index contributed by atoms with van der Waals surface area (Å²) >= 11 is 5.64. The van der Waals surface area contributed by atoms with Crippen molar-refractivity contribution in [1.82, 2.24) is 0 Å². The van der Waals surface area contributed by atoms with E-state index in [1.54, 1.807) is 24.3 Å². The highest BCUT2D eigenvalue weighted by Crippen LogP contribution is 2.30. The number of rotatable bonds is 3. The van der Waals surface area contributed by atoms with Gasteiger partial charge in [-0.3, -0.25) is 4.79 Å². The first-order chi connectivity index (χ1) is 9.90. The Hall–Kier alpha value is -2.01. The molecule has 2 aromatic rings. The van der Waals surface area contributed by atoms with Crippen LogP contribution in [0.15, 0.2) is 48.5 Å². The molecule has 1 amide bonds. The maximum atomic E-state index is 12.6. The molecule has 0 atom stereocenters. The van der Waals surface area contributed by atoms with Crippen LogP contribution in [0.4, 0.5) is 18.9 Å². The van der Waals surface area contributed by atoms with Gasteiger partial charge in [-0.2, -0.15) is 13.2 Å². The molecule has 0 saturated heterocycles. The molecule has 0 heterocycles. The van der Waals surface area contributed by atoms with Crippen molar-refractivity contribution < 1.29 is 18.0 Å². The summed E-state index contributed by atoms with van der Waals surface area (Å²) in [7, 11) is 0. The lowest BCUT2D eigenvalue weighted by Crippen LogP contribution is -2.13. The number of anilines is 1.